The van der Waals surface area contributed by atoms with Gasteiger partial charge in [-0.3, -0.25) is 0 Å². The van der Waals surface area contributed by atoms with E-state index in [0.717, 1.165) is 0 Å². The predicted octanol–water partition coefficient (Wildman–Crippen LogP) is 3.34. The van der Waals surface area contributed by atoms with Crippen molar-refractivity contribution in [3.05, 3.63) is 59.7 Å². The number of aryl methyl sites for hydroxylation is 1. The van der Waals surface area contributed by atoms with Gasteiger partial charge in [-0.15, -0.1) is 0 Å². The number of carbonyl (C=O) groups is 2. The SMILES string of the molecule is Cc1ccc(NC(=O)Nc2ccccc2)cc1C(=O)O. The minimum absolute atomic E-state index is 0.169. The number of anilines is 2. The van der Waals surface area contributed by atoms with E-state index in [4.69, 9.17) is 5.11 Å². The van der Waals surface area contributed by atoms with Gasteiger partial charge >= 0.3 is 12.0 Å². The lowest BCUT2D eigenvalue weighted by Crippen LogP contribution is -2.19. The van der Waals surface area contributed by atoms with E-state index in [0.29, 0.717) is 16.9 Å². The second kappa shape index (κ2) is 5.88. The third kappa shape index (κ3) is 3.35. The highest BCUT2D eigenvalue weighted by atomic mass is 16.4. The van der Waals surface area contributed by atoms with Crippen LogP contribution in [-0.4, -0.2) is 17.1 Å². The maximum atomic E-state index is 11.8. The van der Waals surface area contributed by atoms with E-state index >= 15 is 0 Å². The number of carboxylic acids is 1. The van der Waals surface area contributed by atoms with Crippen LogP contribution in [0.5, 0.6) is 0 Å². The zero-order valence-electron chi connectivity index (χ0n) is 10.9. The molecular formula is C15H14N2O3. The fraction of sp³-hybridized carbons (Fsp3) is 0.0667. The van der Waals surface area contributed by atoms with Crippen molar-refractivity contribution in [1.29, 1.82) is 0 Å². The van der Waals surface area contributed by atoms with Gasteiger partial charge in [0.05, 0.1) is 5.56 Å². The molecule has 2 rings (SSSR count). The molecule has 0 radical (unpaired) electrons. The van der Waals surface area contributed by atoms with Gasteiger partial charge in [-0.1, -0.05) is 24.3 Å². The van der Waals surface area contributed by atoms with Gasteiger partial charge in [-0.05, 0) is 36.8 Å². The summed E-state index contributed by atoms with van der Waals surface area (Å²) in [4.78, 5) is 22.8. The molecule has 102 valence electrons. The first kappa shape index (κ1) is 13.6. The Kier molecular flexibility index (Phi) is 4.00. The summed E-state index contributed by atoms with van der Waals surface area (Å²) in [6.45, 7) is 1.71. The summed E-state index contributed by atoms with van der Waals surface area (Å²) in [5.74, 6) is -1.02. The number of carbonyl (C=O) groups excluding carboxylic acids is 1. The molecule has 0 saturated carbocycles. The molecule has 0 unspecified atom stereocenters. The van der Waals surface area contributed by atoms with Gasteiger partial charge in [0.1, 0.15) is 0 Å². The Bertz CT molecular complexity index is 639. The first-order chi connectivity index (χ1) is 9.56. The molecule has 20 heavy (non-hydrogen) atoms. The topological polar surface area (TPSA) is 78.4 Å². The Morgan fingerprint density at radius 3 is 2.25 bits per heavy atom. The fourth-order valence-corrected chi connectivity index (χ4v) is 1.75. The van der Waals surface area contributed by atoms with E-state index in [-0.39, 0.29) is 5.56 Å². The van der Waals surface area contributed by atoms with Gasteiger partial charge in [-0.25, -0.2) is 9.59 Å². The number of hydrogen-bond acceptors (Lipinski definition) is 2. The maximum Gasteiger partial charge on any atom is 0.336 e. The summed E-state index contributed by atoms with van der Waals surface area (Å²) >= 11 is 0. The van der Waals surface area contributed by atoms with Crippen molar-refractivity contribution in [1.82, 2.24) is 0 Å². The minimum Gasteiger partial charge on any atom is -0.478 e. The van der Waals surface area contributed by atoms with Crippen molar-refractivity contribution >= 4 is 23.4 Å². The van der Waals surface area contributed by atoms with Crippen LogP contribution in [0.25, 0.3) is 0 Å². The van der Waals surface area contributed by atoms with E-state index in [1.54, 1.807) is 31.2 Å². The lowest BCUT2D eigenvalue weighted by atomic mass is 10.1. The highest BCUT2D eigenvalue weighted by Gasteiger charge is 2.09. The zero-order chi connectivity index (χ0) is 14.5. The number of benzene rings is 2. The summed E-state index contributed by atoms with van der Waals surface area (Å²) in [6.07, 6.45) is 0. The molecule has 5 nitrogen and oxygen atoms in total. The largest absolute Gasteiger partial charge is 0.478 e. The molecule has 2 aromatic carbocycles. The number of aromatic carboxylic acids is 1. The van der Waals surface area contributed by atoms with Gasteiger partial charge in [0.25, 0.3) is 0 Å². The molecule has 2 amide bonds. The van der Waals surface area contributed by atoms with Crippen LogP contribution >= 0.6 is 0 Å². The van der Waals surface area contributed by atoms with Gasteiger partial charge in [-0.2, -0.15) is 0 Å². The summed E-state index contributed by atoms with van der Waals surface area (Å²) in [7, 11) is 0. The highest BCUT2D eigenvalue weighted by Crippen LogP contribution is 2.16. The van der Waals surface area contributed by atoms with Crippen LogP contribution in [0.3, 0.4) is 0 Å². The van der Waals surface area contributed by atoms with Gasteiger partial charge in [0, 0.05) is 11.4 Å². The van der Waals surface area contributed by atoms with Crippen molar-refractivity contribution in [3.63, 3.8) is 0 Å². The Morgan fingerprint density at radius 2 is 1.60 bits per heavy atom. The van der Waals surface area contributed by atoms with Crippen LogP contribution < -0.4 is 10.6 Å². The number of nitrogens with one attached hydrogen (secondary N) is 2. The highest BCUT2D eigenvalue weighted by molar-refractivity contribution is 6.00. The monoisotopic (exact) mass is 270 g/mol. The molecule has 2 aromatic rings. The lowest BCUT2D eigenvalue weighted by Gasteiger charge is -2.09. The average molecular weight is 270 g/mol. The molecule has 0 spiro atoms. The minimum atomic E-state index is -1.02. The standard InChI is InChI=1S/C15H14N2O3/c1-10-7-8-12(9-13(10)14(18)19)17-15(20)16-11-5-3-2-4-6-11/h2-9H,1H3,(H,18,19)(H2,16,17,20). The van der Waals surface area contributed by atoms with Crippen LogP contribution in [0.1, 0.15) is 15.9 Å². The van der Waals surface area contributed by atoms with Crippen molar-refractivity contribution in [3.8, 4) is 0 Å². The third-order valence-corrected chi connectivity index (χ3v) is 2.76. The number of amides is 2. The average Bonchev–Trinajstić information content (AvgIpc) is 2.41. The predicted molar refractivity (Wildman–Crippen MR) is 77.2 cm³/mol. The first-order valence-corrected chi connectivity index (χ1v) is 6.03. The molecule has 0 atom stereocenters. The van der Waals surface area contributed by atoms with Crippen molar-refractivity contribution in [2.45, 2.75) is 6.92 Å². The van der Waals surface area contributed by atoms with E-state index < -0.39 is 12.0 Å². The number of urea groups is 1. The van der Waals surface area contributed by atoms with E-state index in [1.807, 2.05) is 18.2 Å². The van der Waals surface area contributed by atoms with Crippen LogP contribution in [0.2, 0.25) is 0 Å². The number of carboxylic acid groups (broad SMARTS) is 1. The Hall–Kier alpha value is -2.82. The van der Waals surface area contributed by atoms with E-state index in [9.17, 15) is 9.59 Å². The summed E-state index contributed by atoms with van der Waals surface area (Å²) in [5, 5.41) is 14.3. The second-order valence-corrected chi connectivity index (χ2v) is 4.28. The van der Waals surface area contributed by atoms with Crippen molar-refractivity contribution in [2.24, 2.45) is 0 Å². The molecular weight excluding hydrogens is 256 g/mol. The molecule has 0 aliphatic rings. The second-order valence-electron chi connectivity index (χ2n) is 4.28. The number of para-hydroxylation sites is 1. The Morgan fingerprint density at radius 1 is 0.950 bits per heavy atom. The Labute approximate surface area is 116 Å². The zero-order valence-corrected chi connectivity index (χ0v) is 10.9. The molecule has 0 aliphatic carbocycles. The van der Waals surface area contributed by atoms with Crippen molar-refractivity contribution < 1.29 is 14.7 Å². The molecule has 5 heteroatoms. The van der Waals surface area contributed by atoms with Crippen LogP contribution in [0.4, 0.5) is 16.2 Å². The normalized spacial score (nSPS) is 9.85. The fourth-order valence-electron chi connectivity index (χ4n) is 1.75. The number of hydrogen-bond donors (Lipinski definition) is 3. The number of rotatable bonds is 3. The molecule has 0 aromatic heterocycles. The maximum absolute atomic E-state index is 11.8. The molecule has 0 saturated heterocycles. The van der Waals surface area contributed by atoms with Crippen LogP contribution in [0.15, 0.2) is 48.5 Å². The van der Waals surface area contributed by atoms with Crippen LogP contribution in [-0.2, 0) is 0 Å². The molecule has 0 aliphatic heterocycles. The van der Waals surface area contributed by atoms with Gasteiger partial charge < -0.3 is 15.7 Å². The van der Waals surface area contributed by atoms with E-state index in [2.05, 4.69) is 10.6 Å². The molecule has 0 heterocycles. The van der Waals surface area contributed by atoms with Crippen LogP contribution in [0, 0.1) is 6.92 Å². The molecule has 0 bridgehead atoms. The summed E-state index contributed by atoms with van der Waals surface area (Å²) < 4.78 is 0. The smallest absolute Gasteiger partial charge is 0.336 e. The Balaban J connectivity index is 2.08. The molecule has 0 fully saturated rings. The quantitative estimate of drug-likeness (QED) is 0.800. The summed E-state index contributed by atoms with van der Waals surface area (Å²) in [5.41, 5.74) is 1.91. The summed E-state index contributed by atoms with van der Waals surface area (Å²) in [6, 6.07) is 13.3. The first-order valence-electron chi connectivity index (χ1n) is 6.03. The lowest BCUT2D eigenvalue weighted by molar-refractivity contribution is 0.0696. The molecule has 3 N–H and O–H groups in total. The van der Waals surface area contributed by atoms with Gasteiger partial charge in [0.2, 0.25) is 0 Å². The van der Waals surface area contributed by atoms with Gasteiger partial charge in [0.15, 0.2) is 0 Å². The third-order valence-electron chi connectivity index (χ3n) is 2.76. The van der Waals surface area contributed by atoms with E-state index in [1.165, 1.54) is 6.07 Å². The van der Waals surface area contributed by atoms with Crippen molar-refractivity contribution in [2.75, 3.05) is 10.6 Å².